The smallest absolute Gasteiger partial charge is 0.143 e. The van der Waals surface area contributed by atoms with Crippen LogP contribution in [0.5, 0.6) is 0 Å². The van der Waals surface area contributed by atoms with Gasteiger partial charge in [-0.05, 0) is 31.1 Å². The van der Waals surface area contributed by atoms with Gasteiger partial charge < -0.3 is 4.74 Å². The Kier molecular flexibility index (Phi) is 7.55. The van der Waals surface area contributed by atoms with Crippen LogP contribution in [0.1, 0.15) is 58.8 Å². The molecule has 1 nitrogen and oxygen atoms in total. The van der Waals surface area contributed by atoms with Gasteiger partial charge in [0.2, 0.25) is 0 Å². The van der Waals surface area contributed by atoms with E-state index in [0.717, 1.165) is 25.2 Å². The molecular weight excluding hydrogens is 251 g/mol. The van der Waals surface area contributed by atoms with Gasteiger partial charge in [-0.15, -0.1) is 11.6 Å². The summed E-state index contributed by atoms with van der Waals surface area (Å²) < 4.78 is 19.1. The first-order valence-corrected chi connectivity index (χ1v) is 7.84. The van der Waals surface area contributed by atoms with Crippen LogP contribution < -0.4 is 0 Å². The zero-order valence-corrected chi connectivity index (χ0v) is 12.8. The van der Waals surface area contributed by atoms with Gasteiger partial charge in [0.1, 0.15) is 6.17 Å². The summed E-state index contributed by atoms with van der Waals surface area (Å²) in [4.78, 5) is 0. The van der Waals surface area contributed by atoms with Crippen LogP contribution in [0, 0.1) is 11.8 Å². The Balaban J connectivity index is 2.26. The van der Waals surface area contributed by atoms with Gasteiger partial charge in [-0.1, -0.05) is 39.5 Å². The average Bonchev–Trinajstić information content (AvgIpc) is 2.35. The Hall–Kier alpha value is 0.180. The Morgan fingerprint density at radius 3 is 2.67 bits per heavy atom. The average molecular weight is 279 g/mol. The summed E-state index contributed by atoms with van der Waals surface area (Å²) in [5.74, 6) is 1.13. The third-order valence-corrected chi connectivity index (χ3v) is 4.88. The molecule has 0 aromatic carbocycles. The van der Waals surface area contributed by atoms with E-state index in [1.165, 1.54) is 25.7 Å². The predicted molar refractivity (Wildman–Crippen MR) is 76.0 cm³/mol. The topological polar surface area (TPSA) is 9.23 Å². The molecule has 0 spiro atoms. The summed E-state index contributed by atoms with van der Waals surface area (Å²) >= 11 is 6.23. The first-order valence-electron chi connectivity index (χ1n) is 7.41. The van der Waals surface area contributed by atoms with Gasteiger partial charge >= 0.3 is 0 Å². The summed E-state index contributed by atoms with van der Waals surface area (Å²) in [5, 5.41) is -0.356. The lowest BCUT2D eigenvalue weighted by Crippen LogP contribution is -2.41. The zero-order valence-electron chi connectivity index (χ0n) is 12.0. The molecule has 0 saturated heterocycles. The van der Waals surface area contributed by atoms with E-state index in [-0.39, 0.29) is 11.5 Å². The van der Waals surface area contributed by atoms with Crippen molar-refractivity contribution in [3.05, 3.63) is 0 Å². The lowest BCUT2D eigenvalue weighted by molar-refractivity contribution is -0.00781. The van der Waals surface area contributed by atoms with Gasteiger partial charge in [-0.25, -0.2) is 4.39 Å². The summed E-state index contributed by atoms with van der Waals surface area (Å²) in [5.41, 5.74) is 0. The SMILES string of the molecule is CCCC(C)CCCC1CCC(OC)C(F)C1Cl. The van der Waals surface area contributed by atoms with Crippen LogP contribution in [0.4, 0.5) is 4.39 Å². The van der Waals surface area contributed by atoms with Crippen molar-refractivity contribution in [1.82, 2.24) is 0 Å². The van der Waals surface area contributed by atoms with Crippen molar-refractivity contribution in [3.8, 4) is 0 Å². The number of alkyl halides is 2. The van der Waals surface area contributed by atoms with Crippen molar-refractivity contribution in [1.29, 1.82) is 0 Å². The fourth-order valence-electron chi connectivity index (χ4n) is 3.08. The molecule has 0 bridgehead atoms. The molecule has 0 heterocycles. The molecule has 5 unspecified atom stereocenters. The second kappa shape index (κ2) is 8.37. The number of halogens is 2. The number of hydrogen-bond donors (Lipinski definition) is 0. The first-order chi connectivity index (χ1) is 8.60. The van der Waals surface area contributed by atoms with E-state index in [4.69, 9.17) is 16.3 Å². The van der Waals surface area contributed by atoms with E-state index in [0.29, 0.717) is 5.92 Å². The molecule has 1 aliphatic rings. The van der Waals surface area contributed by atoms with Crippen LogP contribution >= 0.6 is 11.6 Å². The summed E-state index contributed by atoms with van der Waals surface area (Å²) in [6, 6.07) is 0. The summed E-state index contributed by atoms with van der Waals surface area (Å²) in [7, 11) is 1.58. The van der Waals surface area contributed by atoms with Crippen molar-refractivity contribution in [3.63, 3.8) is 0 Å². The van der Waals surface area contributed by atoms with Crippen molar-refractivity contribution < 1.29 is 9.13 Å². The number of ether oxygens (including phenoxy) is 1. The molecule has 0 aromatic heterocycles. The monoisotopic (exact) mass is 278 g/mol. The van der Waals surface area contributed by atoms with Crippen LogP contribution in [-0.2, 0) is 4.74 Å². The lowest BCUT2D eigenvalue weighted by atomic mass is 9.82. The first kappa shape index (κ1) is 16.2. The van der Waals surface area contributed by atoms with Crippen LogP contribution in [0.15, 0.2) is 0 Å². The minimum atomic E-state index is -0.997. The maximum Gasteiger partial charge on any atom is 0.143 e. The standard InChI is InChI=1S/C15H28ClFO/c1-4-6-11(2)7-5-8-12-9-10-13(18-3)15(17)14(12)16/h11-15H,4-10H2,1-3H3. The van der Waals surface area contributed by atoms with Gasteiger partial charge in [0.15, 0.2) is 0 Å². The fourth-order valence-corrected chi connectivity index (χ4v) is 3.49. The van der Waals surface area contributed by atoms with Crippen molar-refractivity contribution in [2.24, 2.45) is 11.8 Å². The quantitative estimate of drug-likeness (QED) is 0.598. The molecule has 0 aromatic rings. The molecule has 0 radical (unpaired) electrons. The number of methoxy groups -OCH3 is 1. The highest BCUT2D eigenvalue weighted by molar-refractivity contribution is 6.21. The Labute approximate surface area is 116 Å². The third kappa shape index (κ3) is 4.70. The highest BCUT2D eigenvalue weighted by Crippen LogP contribution is 2.36. The fraction of sp³-hybridized carbons (Fsp3) is 1.00. The molecule has 5 atom stereocenters. The van der Waals surface area contributed by atoms with Gasteiger partial charge in [0.05, 0.1) is 11.5 Å². The molecule has 1 fully saturated rings. The van der Waals surface area contributed by atoms with Crippen LogP contribution in [0.2, 0.25) is 0 Å². The normalized spacial score (nSPS) is 34.5. The van der Waals surface area contributed by atoms with Crippen molar-refractivity contribution >= 4 is 11.6 Å². The predicted octanol–water partition coefficient (Wildman–Crippen LogP) is 4.96. The number of hydrogen-bond acceptors (Lipinski definition) is 1. The van der Waals surface area contributed by atoms with Gasteiger partial charge in [0.25, 0.3) is 0 Å². The zero-order chi connectivity index (χ0) is 13.5. The van der Waals surface area contributed by atoms with E-state index < -0.39 is 6.17 Å². The maximum atomic E-state index is 13.9. The van der Waals surface area contributed by atoms with E-state index in [1.807, 2.05) is 0 Å². The molecule has 0 amide bonds. The number of rotatable bonds is 7. The highest BCUT2D eigenvalue weighted by Gasteiger charge is 2.38. The van der Waals surface area contributed by atoms with Gasteiger partial charge in [-0.2, -0.15) is 0 Å². The summed E-state index contributed by atoms with van der Waals surface area (Å²) in [6.45, 7) is 4.53. The molecule has 108 valence electrons. The van der Waals surface area contributed by atoms with Gasteiger partial charge in [-0.3, -0.25) is 0 Å². The van der Waals surface area contributed by atoms with E-state index >= 15 is 0 Å². The minimum absolute atomic E-state index is 0.289. The molecule has 3 heteroatoms. The Morgan fingerprint density at radius 2 is 2.06 bits per heavy atom. The molecule has 1 rings (SSSR count). The molecular formula is C15H28ClFO. The van der Waals surface area contributed by atoms with Crippen LogP contribution in [0.25, 0.3) is 0 Å². The molecule has 0 aliphatic heterocycles. The molecule has 1 aliphatic carbocycles. The van der Waals surface area contributed by atoms with Crippen LogP contribution in [-0.4, -0.2) is 24.8 Å². The Bertz CT molecular complexity index is 225. The minimum Gasteiger partial charge on any atom is -0.378 e. The molecule has 1 saturated carbocycles. The highest BCUT2D eigenvalue weighted by atomic mass is 35.5. The van der Waals surface area contributed by atoms with Crippen LogP contribution in [0.3, 0.4) is 0 Å². The molecule has 0 N–H and O–H groups in total. The lowest BCUT2D eigenvalue weighted by Gasteiger charge is -2.35. The third-order valence-electron chi connectivity index (χ3n) is 4.29. The summed E-state index contributed by atoms with van der Waals surface area (Å²) in [6.07, 6.45) is 6.59. The molecule has 18 heavy (non-hydrogen) atoms. The van der Waals surface area contributed by atoms with E-state index in [2.05, 4.69) is 13.8 Å². The van der Waals surface area contributed by atoms with Crippen molar-refractivity contribution in [2.75, 3.05) is 7.11 Å². The maximum absolute atomic E-state index is 13.9. The Morgan fingerprint density at radius 1 is 1.33 bits per heavy atom. The van der Waals surface area contributed by atoms with E-state index in [1.54, 1.807) is 7.11 Å². The van der Waals surface area contributed by atoms with Crippen molar-refractivity contribution in [2.45, 2.75) is 76.4 Å². The van der Waals surface area contributed by atoms with Gasteiger partial charge in [0, 0.05) is 7.11 Å². The second-order valence-corrected chi connectivity index (χ2v) is 6.33. The largest absolute Gasteiger partial charge is 0.378 e. The van der Waals surface area contributed by atoms with E-state index in [9.17, 15) is 4.39 Å². The second-order valence-electron chi connectivity index (χ2n) is 5.83.